The van der Waals surface area contributed by atoms with Crippen LogP contribution in [0.3, 0.4) is 0 Å². The van der Waals surface area contributed by atoms with Gasteiger partial charge in [-0.3, -0.25) is 0 Å². The van der Waals surface area contributed by atoms with Crippen molar-refractivity contribution in [3.63, 3.8) is 0 Å². The molecule has 219 valence electrons. The fourth-order valence-corrected chi connectivity index (χ4v) is 6.54. The van der Waals surface area contributed by atoms with Gasteiger partial charge in [0.2, 0.25) is 0 Å². The number of hydrogen-bond donors (Lipinski definition) is 1. The first kappa shape index (κ1) is 34.4. The number of aryl methyl sites for hydroxylation is 1. The van der Waals surface area contributed by atoms with E-state index in [2.05, 4.69) is 60.6 Å². The fraction of sp³-hybridized carbons (Fsp3) is 0.824. The predicted octanol–water partition coefficient (Wildman–Crippen LogP) is 11.6. The van der Waals surface area contributed by atoms with E-state index in [1.807, 2.05) is 0 Å². The Morgan fingerprint density at radius 1 is 0.595 bits per heavy atom. The molecule has 0 aliphatic heterocycles. The van der Waals surface area contributed by atoms with Crippen LogP contribution in [-0.4, -0.2) is 5.11 Å². The number of rotatable bonds is 20. The molecule has 0 heterocycles. The summed E-state index contributed by atoms with van der Waals surface area (Å²) in [5.74, 6) is 0.432. The topological polar surface area (TPSA) is 37.3 Å². The standard InChI is InChI=1S/C18H37.C16H25O.Co.O/c1-3-5-7-9-11-13-15-17-18-16-14-12-10-8-6-4-2;1-8-11-9-12(15(2,3)4)14(17)13(10-11)16(5,6)7;;/h1,3-18H2,2H3;9-10,17H,1,8H2,2-7H3;;. The summed E-state index contributed by atoms with van der Waals surface area (Å²) in [5, 5.41) is 12.5. The van der Waals surface area contributed by atoms with Crippen LogP contribution in [0.1, 0.15) is 168 Å². The first-order valence-electron chi connectivity index (χ1n) is 15.5. The van der Waals surface area contributed by atoms with Gasteiger partial charge < -0.3 is 0 Å². The Bertz CT molecular complexity index is 719. The molecule has 37 heavy (non-hydrogen) atoms. The Labute approximate surface area is 235 Å². The van der Waals surface area contributed by atoms with Crippen molar-refractivity contribution in [1.82, 2.24) is 0 Å². The summed E-state index contributed by atoms with van der Waals surface area (Å²) in [4.78, 5) is 0. The zero-order valence-corrected chi connectivity index (χ0v) is 26.8. The van der Waals surface area contributed by atoms with Crippen LogP contribution in [0.15, 0.2) is 12.1 Å². The van der Waals surface area contributed by atoms with Gasteiger partial charge >= 0.3 is 197 Å². The van der Waals surface area contributed by atoms with Crippen LogP contribution in [-0.2, 0) is 34.7 Å². The average Bonchev–Trinajstić information content (AvgIpc) is 2.81. The fourth-order valence-electron chi connectivity index (χ4n) is 5.02. The van der Waals surface area contributed by atoms with E-state index < -0.39 is 13.6 Å². The van der Waals surface area contributed by atoms with Gasteiger partial charge in [-0.2, -0.15) is 0 Å². The van der Waals surface area contributed by atoms with Crippen molar-refractivity contribution in [2.75, 3.05) is 0 Å². The van der Waals surface area contributed by atoms with Crippen molar-refractivity contribution in [3.05, 3.63) is 28.8 Å². The van der Waals surface area contributed by atoms with Crippen LogP contribution in [0.4, 0.5) is 0 Å². The molecule has 1 N–H and O–H groups in total. The van der Waals surface area contributed by atoms with Gasteiger partial charge in [-0.15, -0.1) is 0 Å². The van der Waals surface area contributed by atoms with Gasteiger partial charge in [0.1, 0.15) is 0 Å². The van der Waals surface area contributed by atoms with Crippen molar-refractivity contribution in [2.45, 2.75) is 179 Å². The van der Waals surface area contributed by atoms with Gasteiger partial charge in [0.25, 0.3) is 0 Å². The van der Waals surface area contributed by atoms with Crippen LogP contribution >= 0.6 is 0 Å². The zero-order valence-electron chi connectivity index (χ0n) is 25.8. The summed E-state index contributed by atoms with van der Waals surface area (Å²) >= 11 is -1.12. The minimum atomic E-state index is -1.12. The van der Waals surface area contributed by atoms with Crippen LogP contribution in [0.25, 0.3) is 0 Å². The third-order valence-electron chi connectivity index (χ3n) is 7.50. The van der Waals surface area contributed by atoms with Crippen molar-refractivity contribution >= 4 is 0 Å². The summed E-state index contributed by atoms with van der Waals surface area (Å²) < 4.78 is 12.7. The van der Waals surface area contributed by atoms with Gasteiger partial charge in [-0.25, -0.2) is 0 Å². The maximum absolute atomic E-state index is 12.7. The summed E-state index contributed by atoms with van der Waals surface area (Å²) in [7, 11) is 0. The second-order valence-electron chi connectivity index (χ2n) is 13.3. The van der Waals surface area contributed by atoms with E-state index in [1.165, 1.54) is 102 Å². The molecule has 0 bridgehead atoms. The summed E-state index contributed by atoms with van der Waals surface area (Å²) in [6, 6.07) is 4.28. The Morgan fingerprint density at radius 2 is 0.946 bits per heavy atom. The van der Waals surface area contributed by atoms with E-state index in [9.17, 15) is 8.97 Å². The molecule has 0 atom stereocenters. The van der Waals surface area contributed by atoms with Crippen LogP contribution in [0.5, 0.6) is 5.75 Å². The molecule has 3 heteroatoms. The number of aromatic hydroxyl groups is 1. The van der Waals surface area contributed by atoms with Crippen LogP contribution in [0, 0.1) is 0 Å². The molecule has 0 saturated heterocycles. The van der Waals surface area contributed by atoms with Crippen LogP contribution in [0.2, 0.25) is 10.7 Å². The van der Waals surface area contributed by atoms with Gasteiger partial charge in [-0.1, -0.05) is 39.0 Å². The molecule has 1 rings (SSSR count). The molecule has 0 aliphatic carbocycles. The molecule has 0 fully saturated rings. The van der Waals surface area contributed by atoms with E-state index in [-0.39, 0.29) is 10.8 Å². The Balaban J connectivity index is 2.17. The van der Waals surface area contributed by atoms with Gasteiger partial charge in [-0.05, 0) is 0 Å². The Morgan fingerprint density at radius 3 is 1.30 bits per heavy atom. The molecule has 0 radical (unpaired) electrons. The van der Waals surface area contributed by atoms with E-state index >= 15 is 0 Å². The number of phenolic OH excluding ortho intramolecular Hbond substituents is 1. The molecule has 0 unspecified atom stereocenters. The van der Waals surface area contributed by atoms with Crippen molar-refractivity contribution in [3.8, 4) is 5.75 Å². The Kier molecular flexibility index (Phi) is 17.3. The monoisotopic (exact) mass is 561 g/mol. The molecule has 0 aromatic heterocycles. The third kappa shape index (κ3) is 15.5. The predicted molar refractivity (Wildman–Crippen MR) is 159 cm³/mol. The normalized spacial score (nSPS) is 12.8. The SMILES string of the molecule is CCCCCCCCCCCCCCCCC[CH2][Co](=[O])[CH2]Cc1cc(C(C)(C)C)c(O)c(C(C)(C)C)c1. The number of hydrogen-bond acceptors (Lipinski definition) is 2. The van der Waals surface area contributed by atoms with E-state index in [0.29, 0.717) is 5.75 Å². The van der Waals surface area contributed by atoms with Crippen molar-refractivity contribution < 1.29 is 22.6 Å². The number of benzene rings is 1. The molecule has 0 amide bonds. The van der Waals surface area contributed by atoms with Gasteiger partial charge in [0, 0.05) is 0 Å². The van der Waals surface area contributed by atoms with Crippen molar-refractivity contribution in [2.24, 2.45) is 0 Å². The minimum absolute atomic E-state index is 0.115. The third-order valence-corrected chi connectivity index (χ3v) is 9.29. The molecule has 0 spiro atoms. The number of phenols is 1. The van der Waals surface area contributed by atoms with Gasteiger partial charge in [0.15, 0.2) is 0 Å². The summed E-state index contributed by atoms with van der Waals surface area (Å²) in [6.45, 7) is 15.2. The van der Waals surface area contributed by atoms with E-state index in [1.54, 1.807) is 0 Å². The van der Waals surface area contributed by atoms with E-state index in [0.717, 1.165) is 34.7 Å². The summed E-state index contributed by atoms with van der Waals surface area (Å²) in [6.07, 6.45) is 22.8. The number of unbranched alkanes of at least 4 members (excludes halogenated alkanes) is 15. The second-order valence-corrected chi connectivity index (χ2v) is 15.4. The van der Waals surface area contributed by atoms with Crippen LogP contribution < -0.4 is 0 Å². The molecule has 2 nitrogen and oxygen atoms in total. The Hall–Kier alpha value is -0.674. The molecule has 1 aromatic rings. The van der Waals surface area contributed by atoms with Crippen molar-refractivity contribution in [1.29, 1.82) is 0 Å². The maximum atomic E-state index is 12.7. The zero-order chi connectivity index (χ0) is 27.7. The molecular weight excluding hydrogens is 499 g/mol. The molecule has 1 aromatic carbocycles. The first-order valence-corrected chi connectivity index (χ1v) is 17.4. The van der Waals surface area contributed by atoms with E-state index in [4.69, 9.17) is 0 Å². The van der Waals surface area contributed by atoms with Gasteiger partial charge in [0.05, 0.1) is 0 Å². The molecular formula is C34H62CoO2. The summed E-state index contributed by atoms with van der Waals surface area (Å²) in [5.41, 5.74) is 2.98. The molecule has 0 aliphatic rings. The average molecular weight is 562 g/mol. The first-order chi connectivity index (χ1) is 17.5. The molecule has 0 saturated carbocycles. The quantitative estimate of drug-likeness (QED) is 0.161. The second kappa shape index (κ2) is 18.6.